The summed E-state index contributed by atoms with van der Waals surface area (Å²) in [7, 11) is 0. The highest BCUT2D eigenvalue weighted by molar-refractivity contribution is 5.72. The van der Waals surface area contributed by atoms with Crippen LogP contribution in [0.4, 0.5) is 0 Å². The van der Waals surface area contributed by atoms with Crippen LogP contribution in [0.15, 0.2) is 158 Å². The average Bonchev–Trinajstić information content (AvgIpc) is 3.30. The van der Waals surface area contributed by atoms with Crippen molar-refractivity contribution in [1.82, 2.24) is 0 Å². The summed E-state index contributed by atoms with van der Waals surface area (Å²) in [5.74, 6) is -1.25. The molecular formula is C59H88O6. The van der Waals surface area contributed by atoms with E-state index in [1.165, 1.54) is 19.3 Å². The first-order chi connectivity index (χ1) is 32.0. The second kappa shape index (κ2) is 51.7. The fourth-order valence-corrected chi connectivity index (χ4v) is 5.96. The van der Waals surface area contributed by atoms with Crippen LogP contribution in [-0.2, 0) is 28.6 Å². The Morgan fingerprint density at radius 2 is 0.615 bits per heavy atom. The minimum Gasteiger partial charge on any atom is -0.462 e. The minimum atomic E-state index is -0.884. The Morgan fingerprint density at radius 1 is 0.323 bits per heavy atom. The number of esters is 3. The summed E-state index contributed by atoms with van der Waals surface area (Å²) in [6, 6.07) is 0. The van der Waals surface area contributed by atoms with Crippen LogP contribution in [0.25, 0.3) is 0 Å². The fourth-order valence-electron chi connectivity index (χ4n) is 5.96. The molecule has 0 radical (unpaired) electrons. The van der Waals surface area contributed by atoms with Crippen molar-refractivity contribution in [2.75, 3.05) is 13.2 Å². The van der Waals surface area contributed by atoms with Gasteiger partial charge in [0.25, 0.3) is 0 Å². The van der Waals surface area contributed by atoms with Gasteiger partial charge in [-0.3, -0.25) is 14.4 Å². The SMILES string of the molecule is CC/C=C\C/C=C\C/C=C\C/C=C\C/C=C\CC(=O)OCC(COC(=O)CCCCCCCCC/C=C\C/C=C\C/C=C\CC)OC(=O)C/C=C\C/C=C\C/C=C\C/C=C\C/C=C\CC. The molecule has 0 aliphatic heterocycles. The summed E-state index contributed by atoms with van der Waals surface area (Å²) < 4.78 is 16.5. The van der Waals surface area contributed by atoms with E-state index in [1.807, 2.05) is 12.2 Å². The second-order valence-corrected chi connectivity index (χ2v) is 15.6. The molecule has 0 saturated heterocycles. The maximum atomic E-state index is 12.7. The number of unbranched alkanes of at least 4 members (excludes halogenated alkanes) is 7. The third-order valence-corrected chi connectivity index (χ3v) is 9.57. The van der Waals surface area contributed by atoms with Crippen molar-refractivity contribution < 1.29 is 28.6 Å². The lowest BCUT2D eigenvalue weighted by Crippen LogP contribution is -2.30. The number of hydrogen-bond acceptors (Lipinski definition) is 6. The number of carbonyl (C=O) groups excluding carboxylic acids is 3. The molecular weight excluding hydrogens is 805 g/mol. The van der Waals surface area contributed by atoms with Gasteiger partial charge in [0.2, 0.25) is 0 Å². The van der Waals surface area contributed by atoms with E-state index in [1.54, 1.807) is 12.2 Å². The average molecular weight is 893 g/mol. The molecule has 0 aliphatic carbocycles. The predicted molar refractivity (Wildman–Crippen MR) is 278 cm³/mol. The molecule has 0 aliphatic rings. The van der Waals surface area contributed by atoms with Crippen LogP contribution in [0.5, 0.6) is 0 Å². The summed E-state index contributed by atoms with van der Waals surface area (Å²) in [6.07, 6.45) is 75.6. The largest absolute Gasteiger partial charge is 0.462 e. The Balaban J connectivity index is 4.67. The molecule has 0 heterocycles. The maximum Gasteiger partial charge on any atom is 0.310 e. The molecule has 0 bridgehead atoms. The van der Waals surface area contributed by atoms with Gasteiger partial charge in [0.05, 0.1) is 12.8 Å². The summed E-state index contributed by atoms with van der Waals surface area (Å²) in [4.78, 5) is 37.8. The standard InChI is InChI=1S/C59H88O6/c1-4-7-10-13-16-19-22-25-28-29-32-34-37-40-43-46-49-52-58(61)64-55-56(65-59(62)53-50-47-44-41-38-35-31-27-24-21-18-15-12-9-6-3)54-63-57(60)51-48-45-42-39-36-33-30-26-23-20-17-14-11-8-5-2/h7-12,16-21,25-28,30-31,36,38-39,41,45,47-48,50,56H,4-6,13-15,22-24,29,32-35,37,40,42-44,46,49,51-55H2,1-3H3/b10-7-,11-8-,12-9-,19-16-,20-17-,21-18-,28-25-,30-26-,31-27-,39-36-,41-38-,48-45-,50-47-. The highest BCUT2D eigenvalue weighted by Gasteiger charge is 2.19. The lowest BCUT2D eigenvalue weighted by atomic mass is 10.1. The van der Waals surface area contributed by atoms with Gasteiger partial charge in [-0.2, -0.15) is 0 Å². The van der Waals surface area contributed by atoms with Crippen LogP contribution >= 0.6 is 0 Å². The molecule has 65 heavy (non-hydrogen) atoms. The van der Waals surface area contributed by atoms with E-state index < -0.39 is 18.0 Å². The van der Waals surface area contributed by atoms with Crippen LogP contribution in [0.1, 0.15) is 175 Å². The molecule has 0 aromatic rings. The van der Waals surface area contributed by atoms with Crippen molar-refractivity contribution in [3.8, 4) is 0 Å². The molecule has 6 heteroatoms. The summed E-state index contributed by atoms with van der Waals surface area (Å²) in [5, 5.41) is 0. The predicted octanol–water partition coefficient (Wildman–Crippen LogP) is 16.6. The van der Waals surface area contributed by atoms with Gasteiger partial charge in [0, 0.05) is 6.42 Å². The Kier molecular flexibility index (Phi) is 47.7. The van der Waals surface area contributed by atoms with Crippen LogP contribution in [0, 0.1) is 0 Å². The Morgan fingerprint density at radius 3 is 1.00 bits per heavy atom. The normalized spacial score (nSPS) is 13.5. The Labute approximate surface area is 397 Å². The molecule has 0 saturated carbocycles. The van der Waals surface area contributed by atoms with Crippen molar-refractivity contribution in [2.24, 2.45) is 0 Å². The second-order valence-electron chi connectivity index (χ2n) is 15.6. The number of allylic oxidation sites excluding steroid dienone is 24. The van der Waals surface area contributed by atoms with E-state index in [0.29, 0.717) is 19.3 Å². The molecule has 0 spiro atoms. The van der Waals surface area contributed by atoms with Crippen LogP contribution < -0.4 is 0 Å². The molecule has 1 unspecified atom stereocenters. The van der Waals surface area contributed by atoms with Crippen molar-refractivity contribution in [1.29, 1.82) is 0 Å². The van der Waals surface area contributed by atoms with Gasteiger partial charge < -0.3 is 14.2 Å². The zero-order chi connectivity index (χ0) is 47.2. The van der Waals surface area contributed by atoms with Gasteiger partial charge in [-0.05, 0) is 103 Å². The van der Waals surface area contributed by atoms with E-state index in [9.17, 15) is 14.4 Å². The maximum absolute atomic E-state index is 12.7. The van der Waals surface area contributed by atoms with Gasteiger partial charge in [-0.25, -0.2) is 0 Å². The van der Waals surface area contributed by atoms with Crippen LogP contribution in [-0.4, -0.2) is 37.2 Å². The zero-order valence-electron chi connectivity index (χ0n) is 40.9. The molecule has 0 amide bonds. The quantitative estimate of drug-likeness (QED) is 0.0263. The summed E-state index contributed by atoms with van der Waals surface area (Å²) in [6.45, 7) is 6.08. The molecule has 6 nitrogen and oxygen atoms in total. The van der Waals surface area contributed by atoms with Gasteiger partial charge in [-0.1, -0.05) is 211 Å². The third kappa shape index (κ3) is 49.9. The molecule has 0 fully saturated rings. The smallest absolute Gasteiger partial charge is 0.310 e. The summed E-state index contributed by atoms with van der Waals surface area (Å²) >= 11 is 0. The van der Waals surface area contributed by atoms with Crippen molar-refractivity contribution in [2.45, 2.75) is 181 Å². The Bertz CT molecular complexity index is 1540. The highest BCUT2D eigenvalue weighted by Crippen LogP contribution is 2.11. The van der Waals surface area contributed by atoms with E-state index in [2.05, 4.69) is 154 Å². The van der Waals surface area contributed by atoms with E-state index in [4.69, 9.17) is 14.2 Å². The molecule has 0 rings (SSSR count). The van der Waals surface area contributed by atoms with E-state index in [0.717, 1.165) is 103 Å². The fraction of sp³-hybridized carbons (Fsp3) is 0.508. The van der Waals surface area contributed by atoms with Crippen molar-refractivity contribution >= 4 is 17.9 Å². The van der Waals surface area contributed by atoms with Crippen molar-refractivity contribution in [3.63, 3.8) is 0 Å². The monoisotopic (exact) mass is 893 g/mol. The van der Waals surface area contributed by atoms with Gasteiger partial charge in [0.1, 0.15) is 13.2 Å². The first kappa shape index (κ1) is 60.0. The third-order valence-electron chi connectivity index (χ3n) is 9.57. The first-order valence-corrected chi connectivity index (χ1v) is 25.0. The topological polar surface area (TPSA) is 78.9 Å². The molecule has 0 aromatic carbocycles. The van der Waals surface area contributed by atoms with Crippen LogP contribution in [0.3, 0.4) is 0 Å². The first-order valence-electron chi connectivity index (χ1n) is 25.0. The number of carbonyl (C=O) groups is 3. The zero-order valence-corrected chi connectivity index (χ0v) is 40.9. The van der Waals surface area contributed by atoms with Gasteiger partial charge in [0.15, 0.2) is 6.10 Å². The minimum absolute atomic E-state index is 0.0671. The van der Waals surface area contributed by atoms with E-state index in [-0.39, 0.29) is 32.0 Å². The van der Waals surface area contributed by atoms with Gasteiger partial charge in [-0.15, -0.1) is 0 Å². The van der Waals surface area contributed by atoms with Gasteiger partial charge >= 0.3 is 17.9 Å². The molecule has 0 aromatic heterocycles. The molecule has 360 valence electrons. The lowest BCUT2D eigenvalue weighted by Gasteiger charge is -2.17. The van der Waals surface area contributed by atoms with Crippen LogP contribution in [0.2, 0.25) is 0 Å². The Hall–Kier alpha value is -4.97. The molecule has 0 N–H and O–H groups in total. The van der Waals surface area contributed by atoms with E-state index >= 15 is 0 Å². The highest BCUT2D eigenvalue weighted by atomic mass is 16.6. The van der Waals surface area contributed by atoms with Crippen molar-refractivity contribution in [3.05, 3.63) is 158 Å². The number of ether oxygens (including phenoxy) is 3. The number of rotatable bonds is 42. The molecule has 1 atom stereocenters. The summed E-state index contributed by atoms with van der Waals surface area (Å²) in [5.41, 5.74) is 0. The lowest BCUT2D eigenvalue weighted by molar-refractivity contribution is -0.166. The number of hydrogen-bond donors (Lipinski definition) is 0.